The number of aromatic nitrogens is 6. The Hall–Kier alpha value is -3.15. The van der Waals surface area contributed by atoms with E-state index >= 15 is 0 Å². The van der Waals surface area contributed by atoms with Crippen molar-refractivity contribution >= 4 is 22.2 Å². The van der Waals surface area contributed by atoms with Gasteiger partial charge in [0.1, 0.15) is 5.69 Å². The summed E-state index contributed by atoms with van der Waals surface area (Å²) in [6.45, 7) is 0. The minimum absolute atomic E-state index is 0.0178. The van der Waals surface area contributed by atoms with Gasteiger partial charge in [-0.15, -0.1) is 5.10 Å². The fraction of sp³-hybridized carbons (Fsp3) is 0. The smallest absolute Gasteiger partial charge is 0.238 e. The highest BCUT2D eigenvalue weighted by Gasteiger charge is 2.20. The summed E-state index contributed by atoms with van der Waals surface area (Å²) >= 11 is 5.02. The lowest BCUT2D eigenvalue weighted by Gasteiger charge is -2.08. The van der Waals surface area contributed by atoms with Crippen molar-refractivity contribution in [3.05, 3.63) is 59.4 Å². The molecule has 0 radical (unpaired) electrons. The number of hydrogen-bond donors (Lipinski definition) is 3. The average molecular weight is 399 g/mol. The molecule has 0 aliphatic carbocycles. The molecule has 0 aliphatic heterocycles. The standard InChI is InChI=1S/C16H13N7O2S2/c17-27(24,25)12-8-6-11(7-9-12)23-14(10-4-2-1-3-5-10)13(19-22-23)15-18-16(26)21-20-15/h1-9H,(H2,17,24,25)(H2,18,20,21,26). The van der Waals surface area contributed by atoms with Gasteiger partial charge in [-0.1, -0.05) is 35.5 Å². The lowest BCUT2D eigenvalue weighted by atomic mass is 10.1. The molecule has 0 saturated carbocycles. The lowest BCUT2D eigenvalue weighted by molar-refractivity contribution is 0.598. The maximum absolute atomic E-state index is 11.5. The Morgan fingerprint density at radius 2 is 1.70 bits per heavy atom. The van der Waals surface area contributed by atoms with Gasteiger partial charge in [-0.25, -0.2) is 18.2 Å². The predicted molar refractivity (Wildman–Crippen MR) is 101 cm³/mol. The second kappa shape index (κ2) is 6.54. The molecular formula is C16H13N7O2S2. The molecule has 0 aliphatic rings. The third kappa shape index (κ3) is 3.30. The number of H-pyrrole nitrogens is 2. The summed E-state index contributed by atoms with van der Waals surface area (Å²) in [5.41, 5.74) is 2.66. The molecule has 0 spiro atoms. The Morgan fingerprint density at radius 3 is 2.30 bits per heavy atom. The van der Waals surface area contributed by atoms with Crippen molar-refractivity contribution in [2.45, 2.75) is 4.90 Å². The molecule has 4 aromatic rings. The van der Waals surface area contributed by atoms with Crippen LogP contribution in [0.5, 0.6) is 0 Å². The highest BCUT2D eigenvalue weighted by molar-refractivity contribution is 7.89. The van der Waals surface area contributed by atoms with Gasteiger partial charge in [0, 0.05) is 5.56 Å². The minimum atomic E-state index is -3.78. The molecule has 2 heterocycles. The molecule has 0 bridgehead atoms. The topological polar surface area (TPSA) is 135 Å². The molecular weight excluding hydrogens is 386 g/mol. The van der Waals surface area contributed by atoms with Crippen LogP contribution < -0.4 is 5.14 Å². The number of rotatable bonds is 4. The van der Waals surface area contributed by atoms with E-state index in [-0.39, 0.29) is 4.90 Å². The Kier molecular flexibility index (Phi) is 4.18. The SMILES string of the molecule is NS(=O)(=O)c1ccc(-n2nnc(-c3nc(=S)[nH][nH]3)c2-c2ccccc2)cc1. The van der Waals surface area contributed by atoms with E-state index in [0.717, 1.165) is 5.56 Å². The van der Waals surface area contributed by atoms with Crippen LogP contribution in [0.3, 0.4) is 0 Å². The molecule has 2 aromatic carbocycles. The maximum atomic E-state index is 11.5. The number of nitrogens with one attached hydrogen (secondary N) is 2. The Morgan fingerprint density at radius 1 is 1.00 bits per heavy atom. The van der Waals surface area contributed by atoms with E-state index < -0.39 is 10.0 Å². The number of aromatic amines is 2. The number of nitrogens with zero attached hydrogens (tertiary/aromatic N) is 4. The first-order valence-electron chi connectivity index (χ1n) is 7.73. The van der Waals surface area contributed by atoms with Gasteiger partial charge in [0.25, 0.3) is 0 Å². The fourth-order valence-corrected chi connectivity index (χ4v) is 3.29. The highest BCUT2D eigenvalue weighted by Crippen LogP contribution is 2.30. The highest BCUT2D eigenvalue weighted by atomic mass is 32.2. The predicted octanol–water partition coefficient (Wildman–Crippen LogP) is 2.03. The zero-order valence-corrected chi connectivity index (χ0v) is 15.3. The van der Waals surface area contributed by atoms with Crippen molar-refractivity contribution in [1.29, 1.82) is 0 Å². The van der Waals surface area contributed by atoms with Gasteiger partial charge >= 0.3 is 0 Å². The second-order valence-electron chi connectivity index (χ2n) is 5.62. The van der Waals surface area contributed by atoms with Gasteiger partial charge in [-0.05, 0) is 36.5 Å². The minimum Gasteiger partial charge on any atom is -0.280 e. The van der Waals surface area contributed by atoms with Gasteiger partial charge in [-0.2, -0.15) is 4.98 Å². The molecule has 27 heavy (non-hydrogen) atoms. The van der Waals surface area contributed by atoms with Crippen LogP contribution in [0.1, 0.15) is 0 Å². The summed E-state index contributed by atoms with van der Waals surface area (Å²) in [6.07, 6.45) is 0. The van der Waals surface area contributed by atoms with Crippen LogP contribution in [0.15, 0.2) is 59.5 Å². The third-order valence-electron chi connectivity index (χ3n) is 3.85. The van der Waals surface area contributed by atoms with Crippen molar-refractivity contribution in [1.82, 2.24) is 30.2 Å². The molecule has 9 nitrogen and oxygen atoms in total. The van der Waals surface area contributed by atoms with Gasteiger partial charge in [0.05, 0.1) is 10.6 Å². The van der Waals surface area contributed by atoms with Gasteiger partial charge in [0.15, 0.2) is 11.5 Å². The van der Waals surface area contributed by atoms with Crippen molar-refractivity contribution in [3.63, 3.8) is 0 Å². The molecule has 0 amide bonds. The average Bonchev–Trinajstić information content (AvgIpc) is 3.28. The van der Waals surface area contributed by atoms with E-state index in [9.17, 15) is 8.42 Å². The van der Waals surface area contributed by atoms with Crippen molar-refractivity contribution in [2.24, 2.45) is 5.14 Å². The largest absolute Gasteiger partial charge is 0.280 e. The van der Waals surface area contributed by atoms with Crippen LogP contribution in [0.4, 0.5) is 0 Å². The zero-order valence-electron chi connectivity index (χ0n) is 13.7. The summed E-state index contributed by atoms with van der Waals surface area (Å²) in [5, 5.41) is 19.2. The number of primary sulfonamides is 1. The normalized spacial score (nSPS) is 11.6. The first-order valence-corrected chi connectivity index (χ1v) is 9.68. The molecule has 2 aromatic heterocycles. The quantitative estimate of drug-likeness (QED) is 0.449. The molecule has 4 rings (SSSR count). The summed E-state index contributed by atoms with van der Waals surface area (Å²) in [4.78, 5) is 4.23. The number of nitrogens with two attached hydrogens (primary N) is 1. The molecule has 11 heteroatoms. The van der Waals surface area contributed by atoms with Gasteiger partial charge in [-0.3, -0.25) is 10.2 Å². The van der Waals surface area contributed by atoms with Crippen LogP contribution in [0.25, 0.3) is 28.5 Å². The summed E-state index contributed by atoms with van der Waals surface area (Å²) in [5.74, 6) is 0.450. The molecule has 0 saturated heterocycles. The molecule has 4 N–H and O–H groups in total. The van der Waals surface area contributed by atoms with Crippen LogP contribution in [-0.2, 0) is 10.0 Å². The number of benzene rings is 2. The fourth-order valence-electron chi connectivity index (χ4n) is 2.64. The van der Waals surface area contributed by atoms with Gasteiger partial charge < -0.3 is 0 Å². The first kappa shape index (κ1) is 17.3. The molecule has 0 unspecified atom stereocenters. The van der Waals surface area contributed by atoms with Crippen LogP contribution in [0.2, 0.25) is 0 Å². The van der Waals surface area contributed by atoms with E-state index in [1.807, 2.05) is 30.3 Å². The van der Waals surface area contributed by atoms with Crippen molar-refractivity contribution in [2.75, 3.05) is 0 Å². The van der Waals surface area contributed by atoms with Crippen LogP contribution in [-0.4, -0.2) is 38.6 Å². The maximum Gasteiger partial charge on any atom is 0.238 e. The van der Waals surface area contributed by atoms with Crippen molar-refractivity contribution in [3.8, 4) is 28.5 Å². The van der Waals surface area contributed by atoms with Crippen LogP contribution in [0, 0.1) is 4.77 Å². The second-order valence-corrected chi connectivity index (χ2v) is 7.57. The first-order chi connectivity index (χ1) is 12.9. The molecule has 0 fully saturated rings. The third-order valence-corrected chi connectivity index (χ3v) is 4.98. The summed E-state index contributed by atoms with van der Waals surface area (Å²) in [6, 6.07) is 15.6. The summed E-state index contributed by atoms with van der Waals surface area (Å²) < 4.78 is 24.9. The van der Waals surface area contributed by atoms with E-state index in [1.165, 1.54) is 12.1 Å². The van der Waals surface area contributed by atoms with Crippen LogP contribution >= 0.6 is 12.2 Å². The van der Waals surface area contributed by atoms with E-state index in [4.69, 9.17) is 17.4 Å². The zero-order chi connectivity index (χ0) is 19.0. The van der Waals surface area contributed by atoms with E-state index in [2.05, 4.69) is 25.5 Å². The van der Waals surface area contributed by atoms with E-state index in [1.54, 1.807) is 16.8 Å². The van der Waals surface area contributed by atoms with Gasteiger partial charge in [0.2, 0.25) is 14.8 Å². The Bertz CT molecular complexity index is 1260. The number of hydrogen-bond acceptors (Lipinski definition) is 6. The van der Waals surface area contributed by atoms with Crippen molar-refractivity contribution < 1.29 is 8.42 Å². The Balaban J connectivity index is 1.91. The van der Waals surface area contributed by atoms with E-state index in [0.29, 0.717) is 27.7 Å². The summed E-state index contributed by atoms with van der Waals surface area (Å²) in [7, 11) is -3.78. The Labute approximate surface area is 158 Å². The monoisotopic (exact) mass is 399 g/mol. The lowest BCUT2D eigenvalue weighted by Crippen LogP contribution is -2.12. The number of sulfonamides is 1. The molecule has 0 atom stereocenters. The molecule has 136 valence electrons.